The van der Waals surface area contributed by atoms with Gasteiger partial charge in [0.25, 0.3) is 0 Å². The molecule has 1 atom stereocenters. The van der Waals surface area contributed by atoms with E-state index in [2.05, 4.69) is 34.7 Å². The van der Waals surface area contributed by atoms with Crippen LogP contribution in [-0.2, 0) is 20.0 Å². The molecule has 8 nitrogen and oxygen atoms in total. The summed E-state index contributed by atoms with van der Waals surface area (Å²) in [6.45, 7) is 2.68. The Morgan fingerprint density at radius 1 is 1.17 bits per heavy atom. The predicted octanol–water partition coefficient (Wildman–Crippen LogP) is 3.74. The summed E-state index contributed by atoms with van der Waals surface area (Å²) in [6.07, 6.45) is 4.59. The maximum absolute atomic E-state index is 10.1. The van der Waals surface area contributed by atoms with Gasteiger partial charge in [-0.15, -0.1) is 0 Å². The Hall–Kier alpha value is -4.64. The van der Waals surface area contributed by atoms with Crippen LogP contribution in [0, 0.1) is 11.3 Å². The summed E-state index contributed by atoms with van der Waals surface area (Å²) in [5.74, 6) is 1.19. The molecule has 0 bridgehead atoms. The zero-order chi connectivity index (χ0) is 24.1. The molecule has 0 fully saturated rings. The number of rotatable bonds is 4. The number of aliphatic imine (C=N–C) groups is 1. The van der Waals surface area contributed by atoms with Crippen LogP contribution in [0.2, 0.25) is 0 Å². The minimum atomic E-state index is -0.426. The van der Waals surface area contributed by atoms with Gasteiger partial charge in [0.2, 0.25) is 11.8 Å². The normalized spacial score (nSPS) is 16.4. The molecule has 0 saturated carbocycles. The molecule has 6 rings (SSSR count). The molecule has 0 radical (unpaired) electrons. The van der Waals surface area contributed by atoms with E-state index in [1.165, 1.54) is 0 Å². The highest BCUT2D eigenvalue weighted by Crippen LogP contribution is 2.45. The van der Waals surface area contributed by atoms with E-state index in [9.17, 15) is 5.26 Å². The van der Waals surface area contributed by atoms with E-state index in [0.29, 0.717) is 23.7 Å². The molecular weight excluding hydrogens is 438 g/mol. The molecule has 0 amide bonds. The first-order valence-electron chi connectivity index (χ1n) is 11.5. The number of aromatic nitrogens is 4. The summed E-state index contributed by atoms with van der Waals surface area (Å²) in [4.78, 5) is 9.23. The first-order chi connectivity index (χ1) is 17.1. The smallest absolute Gasteiger partial charge is 0.224 e. The average molecular weight is 462 g/mol. The average Bonchev–Trinajstić information content (AvgIpc) is 3.60. The number of allylic oxidation sites excluding steroid dienone is 1. The van der Waals surface area contributed by atoms with Crippen molar-refractivity contribution in [3.8, 4) is 17.6 Å². The predicted molar refractivity (Wildman–Crippen MR) is 131 cm³/mol. The monoisotopic (exact) mass is 461 g/mol. The van der Waals surface area contributed by atoms with Crippen molar-refractivity contribution in [1.82, 2.24) is 19.3 Å². The summed E-state index contributed by atoms with van der Waals surface area (Å²) >= 11 is 0. The minimum absolute atomic E-state index is 0.0975. The van der Waals surface area contributed by atoms with Gasteiger partial charge in [-0.05, 0) is 23.3 Å². The zero-order valence-corrected chi connectivity index (χ0v) is 19.4. The Morgan fingerprint density at radius 2 is 1.97 bits per heavy atom. The lowest BCUT2D eigenvalue weighted by Crippen LogP contribution is -2.22. The van der Waals surface area contributed by atoms with E-state index in [1.54, 1.807) is 10.9 Å². The zero-order valence-electron chi connectivity index (χ0n) is 19.4. The van der Waals surface area contributed by atoms with E-state index in [0.717, 1.165) is 45.9 Å². The van der Waals surface area contributed by atoms with Gasteiger partial charge < -0.3 is 15.0 Å². The molecule has 0 saturated heterocycles. The number of aryl methyl sites for hydroxylation is 2. The summed E-state index contributed by atoms with van der Waals surface area (Å²) < 4.78 is 9.67. The lowest BCUT2D eigenvalue weighted by atomic mass is 9.82. The molecule has 0 aliphatic carbocycles. The summed E-state index contributed by atoms with van der Waals surface area (Å²) in [5.41, 5.74) is 13.1. The largest absolute Gasteiger partial charge is 0.422 e. The van der Waals surface area contributed by atoms with Gasteiger partial charge in [-0.3, -0.25) is 4.99 Å². The van der Waals surface area contributed by atoms with Crippen LogP contribution >= 0.6 is 0 Å². The van der Waals surface area contributed by atoms with Gasteiger partial charge in [0, 0.05) is 37.1 Å². The quantitative estimate of drug-likeness (QED) is 0.498. The van der Waals surface area contributed by atoms with Crippen LogP contribution in [0.3, 0.4) is 0 Å². The molecule has 8 heteroatoms. The molecule has 2 aromatic carbocycles. The SMILES string of the molecule is CCc1nccn1-c1ccc(C2C(C#N)=C(N)Oc3c2c(C2=NCc4ccccc42)nn3C)cc1. The van der Waals surface area contributed by atoms with E-state index >= 15 is 0 Å². The highest BCUT2D eigenvalue weighted by atomic mass is 16.5. The van der Waals surface area contributed by atoms with Crippen LogP contribution in [-0.4, -0.2) is 25.0 Å². The van der Waals surface area contributed by atoms with Crippen LogP contribution < -0.4 is 10.5 Å². The maximum atomic E-state index is 10.1. The van der Waals surface area contributed by atoms with Gasteiger partial charge in [0.05, 0.1) is 23.7 Å². The highest BCUT2D eigenvalue weighted by Gasteiger charge is 2.38. The Kier molecular flexibility index (Phi) is 4.78. The first-order valence-corrected chi connectivity index (χ1v) is 11.5. The van der Waals surface area contributed by atoms with Crippen molar-refractivity contribution in [3.05, 3.63) is 106 Å². The van der Waals surface area contributed by atoms with E-state index in [4.69, 9.17) is 20.6 Å². The van der Waals surface area contributed by atoms with E-state index in [1.807, 2.05) is 49.6 Å². The van der Waals surface area contributed by atoms with Crippen molar-refractivity contribution in [2.45, 2.75) is 25.8 Å². The standard InChI is InChI=1S/C27H23N7O/c1-3-21-30-12-13-34(21)18-10-8-16(9-11-18)22-20(14-28)26(29)35-27-23(22)25(32-33(27)2)24-19-7-5-4-6-17(19)15-31-24/h4-13,22H,3,15,29H2,1-2H3. The van der Waals surface area contributed by atoms with Gasteiger partial charge in [0.15, 0.2) is 0 Å². The topological polar surface area (TPSA) is 107 Å². The lowest BCUT2D eigenvalue weighted by Gasteiger charge is -2.25. The van der Waals surface area contributed by atoms with Crippen LogP contribution in [0.15, 0.2) is 77.4 Å². The fourth-order valence-corrected chi connectivity index (χ4v) is 4.98. The van der Waals surface area contributed by atoms with Crippen molar-refractivity contribution in [2.24, 2.45) is 17.8 Å². The van der Waals surface area contributed by atoms with Gasteiger partial charge in [-0.2, -0.15) is 10.4 Å². The molecule has 2 aliphatic heterocycles. The molecule has 35 heavy (non-hydrogen) atoms. The third-order valence-electron chi connectivity index (χ3n) is 6.64. The highest BCUT2D eigenvalue weighted by molar-refractivity contribution is 6.15. The number of nitriles is 1. The second-order valence-electron chi connectivity index (χ2n) is 8.60. The minimum Gasteiger partial charge on any atom is -0.422 e. The van der Waals surface area contributed by atoms with Gasteiger partial charge in [-0.1, -0.05) is 43.3 Å². The number of imidazole rings is 1. The lowest BCUT2D eigenvalue weighted by molar-refractivity contribution is 0.358. The molecule has 4 heterocycles. The van der Waals surface area contributed by atoms with Crippen LogP contribution in [0.25, 0.3) is 5.69 Å². The second kappa shape index (κ2) is 7.99. The number of fused-ring (bicyclic) bond motifs is 2. The first kappa shape index (κ1) is 20.9. The van der Waals surface area contributed by atoms with Crippen molar-refractivity contribution in [3.63, 3.8) is 0 Å². The number of nitrogens with zero attached hydrogens (tertiary/aromatic N) is 6. The number of ether oxygens (including phenoxy) is 1. The maximum Gasteiger partial charge on any atom is 0.224 e. The molecule has 172 valence electrons. The molecule has 2 N–H and O–H groups in total. The fourth-order valence-electron chi connectivity index (χ4n) is 4.98. The van der Waals surface area contributed by atoms with Crippen LogP contribution in [0.5, 0.6) is 5.88 Å². The Labute approximate surface area is 202 Å². The Morgan fingerprint density at radius 3 is 2.74 bits per heavy atom. The molecule has 4 aromatic rings. The number of benzene rings is 2. The molecule has 2 aromatic heterocycles. The summed E-state index contributed by atoms with van der Waals surface area (Å²) in [6, 6.07) is 18.6. The molecule has 2 aliphatic rings. The Balaban J connectivity index is 1.50. The van der Waals surface area contributed by atoms with Crippen molar-refractivity contribution < 1.29 is 4.74 Å². The molecule has 1 unspecified atom stereocenters. The van der Waals surface area contributed by atoms with Gasteiger partial charge in [-0.25, -0.2) is 9.67 Å². The molecular formula is C27H23N7O. The van der Waals surface area contributed by atoms with Crippen molar-refractivity contribution >= 4 is 5.71 Å². The molecule has 0 spiro atoms. The van der Waals surface area contributed by atoms with E-state index < -0.39 is 5.92 Å². The van der Waals surface area contributed by atoms with Gasteiger partial charge >= 0.3 is 0 Å². The Bertz CT molecular complexity index is 1560. The summed E-state index contributed by atoms with van der Waals surface area (Å²) in [5, 5.41) is 14.9. The third-order valence-corrected chi connectivity index (χ3v) is 6.64. The van der Waals surface area contributed by atoms with Crippen LogP contribution in [0.4, 0.5) is 0 Å². The van der Waals surface area contributed by atoms with E-state index in [-0.39, 0.29) is 5.88 Å². The fraction of sp³-hybridized carbons (Fsp3) is 0.185. The van der Waals surface area contributed by atoms with Crippen molar-refractivity contribution in [2.75, 3.05) is 0 Å². The third kappa shape index (κ3) is 3.16. The van der Waals surface area contributed by atoms with Gasteiger partial charge in [0.1, 0.15) is 23.2 Å². The van der Waals surface area contributed by atoms with Crippen LogP contribution in [0.1, 0.15) is 46.6 Å². The number of hydrogen-bond acceptors (Lipinski definition) is 6. The number of nitrogens with two attached hydrogens (primary N) is 1. The van der Waals surface area contributed by atoms with Crippen molar-refractivity contribution in [1.29, 1.82) is 5.26 Å². The number of hydrogen-bond donors (Lipinski definition) is 1. The second-order valence-corrected chi connectivity index (χ2v) is 8.60. The summed E-state index contributed by atoms with van der Waals surface area (Å²) in [7, 11) is 1.82.